The number of methoxy groups -OCH3 is 1. The van der Waals surface area contributed by atoms with Gasteiger partial charge in [-0.25, -0.2) is 13.6 Å². The number of aliphatic hydroxyl groups is 1. The second kappa shape index (κ2) is 16.9. The van der Waals surface area contributed by atoms with E-state index in [0.29, 0.717) is 6.42 Å². The lowest BCUT2D eigenvalue weighted by Gasteiger charge is -2.22. The number of rotatable bonds is 19. The van der Waals surface area contributed by atoms with E-state index in [2.05, 4.69) is 6.92 Å². The maximum absolute atomic E-state index is 13.9. The quantitative estimate of drug-likeness (QED) is 0.241. The van der Waals surface area contributed by atoms with E-state index in [1.807, 2.05) is 0 Å². The second-order valence-electron chi connectivity index (χ2n) is 7.71. The highest BCUT2D eigenvalue weighted by atomic mass is 19.2. The van der Waals surface area contributed by atoms with Crippen molar-refractivity contribution < 1.29 is 28.5 Å². The van der Waals surface area contributed by atoms with E-state index in [9.17, 15) is 18.7 Å². The Morgan fingerprint density at radius 1 is 0.857 bits per heavy atom. The van der Waals surface area contributed by atoms with E-state index in [-0.39, 0.29) is 19.4 Å². The molecule has 6 heteroatoms. The molecule has 0 aliphatic carbocycles. The summed E-state index contributed by atoms with van der Waals surface area (Å²) in [5.41, 5.74) is -2.34. The summed E-state index contributed by atoms with van der Waals surface area (Å²) in [7, 11) is 1.35. The molecule has 0 aliphatic rings. The van der Waals surface area contributed by atoms with Gasteiger partial charge in [0.15, 0.2) is 5.60 Å². The third kappa shape index (κ3) is 13.2. The highest BCUT2D eigenvalue weighted by Crippen LogP contribution is 2.27. The Morgan fingerprint density at radius 2 is 1.32 bits per heavy atom. The minimum atomic E-state index is -2.34. The van der Waals surface area contributed by atoms with E-state index >= 15 is 0 Å². The normalized spacial score (nSPS) is 14.6. The van der Waals surface area contributed by atoms with Gasteiger partial charge in [0.1, 0.15) is 11.7 Å². The Kier molecular flexibility index (Phi) is 16.3. The van der Waals surface area contributed by atoms with Gasteiger partial charge in [-0.05, 0) is 6.42 Å². The van der Waals surface area contributed by atoms with Crippen LogP contribution < -0.4 is 0 Å². The van der Waals surface area contributed by atoms with Gasteiger partial charge in [-0.2, -0.15) is 0 Å². The number of carboxylic acids is 1. The SMILES string of the molecule is CCCCCCCCCCCCCCC(F)=C(F)CC(O)(CCOC)C(=O)O. The molecule has 0 amide bonds. The van der Waals surface area contributed by atoms with Crippen molar-refractivity contribution in [2.24, 2.45) is 0 Å². The number of halogens is 2. The number of hydrogen-bond acceptors (Lipinski definition) is 3. The number of aliphatic carboxylic acids is 1. The fourth-order valence-corrected chi connectivity index (χ4v) is 3.15. The minimum Gasteiger partial charge on any atom is -0.479 e. The lowest BCUT2D eigenvalue weighted by molar-refractivity contribution is -0.160. The molecule has 1 atom stereocenters. The number of ether oxygens (including phenoxy) is 1. The number of unbranched alkanes of at least 4 members (excludes halogenated alkanes) is 11. The van der Waals surface area contributed by atoms with Crippen LogP contribution in [0.4, 0.5) is 8.78 Å². The van der Waals surface area contributed by atoms with Crippen molar-refractivity contribution >= 4 is 5.97 Å². The van der Waals surface area contributed by atoms with Gasteiger partial charge >= 0.3 is 5.97 Å². The van der Waals surface area contributed by atoms with E-state index in [1.54, 1.807) is 0 Å². The topological polar surface area (TPSA) is 66.8 Å². The van der Waals surface area contributed by atoms with Crippen LogP contribution in [-0.2, 0) is 9.53 Å². The Morgan fingerprint density at radius 3 is 1.75 bits per heavy atom. The van der Waals surface area contributed by atoms with Crippen molar-refractivity contribution in [3.8, 4) is 0 Å². The van der Waals surface area contributed by atoms with Crippen LogP contribution in [0.3, 0.4) is 0 Å². The van der Waals surface area contributed by atoms with Gasteiger partial charge in [0, 0.05) is 33.0 Å². The summed E-state index contributed by atoms with van der Waals surface area (Å²) < 4.78 is 32.6. The first kappa shape index (κ1) is 27.0. The molecule has 0 rings (SSSR count). The molecule has 28 heavy (non-hydrogen) atoms. The van der Waals surface area contributed by atoms with Gasteiger partial charge in [-0.15, -0.1) is 0 Å². The third-order valence-electron chi connectivity index (χ3n) is 5.11. The molecule has 0 radical (unpaired) electrons. The molecular formula is C22H40F2O4. The van der Waals surface area contributed by atoms with Crippen LogP contribution in [0.2, 0.25) is 0 Å². The van der Waals surface area contributed by atoms with Crippen LogP contribution in [0.1, 0.15) is 103 Å². The van der Waals surface area contributed by atoms with Crippen LogP contribution in [0.25, 0.3) is 0 Å². The van der Waals surface area contributed by atoms with Crippen molar-refractivity contribution in [3.63, 3.8) is 0 Å². The van der Waals surface area contributed by atoms with Crippen LogP contribution in [0, 0.1) is 0 Å². The molecule has 0 aromatic rings. The Balaban J connectivity index is 3.91. The summed E-state index contributed by atoms with van der Waals surface area (Å²) in [6.07, 6.45) is 12.5. The number of allylic oxidation sites excluding steroid dienone is 1. The molecule has 0 fully saturated rings. The van der Waals surface area contributed by atoms with E-state index in [4.69, 9.17) is 9.84 Å². The highest BCUT2D eigenvalue weighted by molar-refractivity contribution is 5.77. The second-order valence-corrected chi connectivity index (χ2v) is 7.71. The number of hydrogen-bond donors (Lipinski definition) is 2. The number of carbonyl (C=O) groups is 1. The molecule has 0 aromatic carbocycles. The zero-order chi connectivity index (χ0) is 21.3. The zero-order valence-electron chi connectivity index (χ0n) is 17.8. The molecule has 0 aliphatic heterocycles. The van der Waals surface area contributed by atoms with Crippen LogP contribution in [0.15, 0.2) is 11.7 Å². The van der Waals surface area contributed by atoms with Crippen molar-refractivity contribution in [3.05, 3.63) is 11.7 Å². The maximum atomic E-state index is 13.9. The standard InChI is InChI=1S/C22H40F2O4/c1-3-4-5-6-7-8-9-10-11-12-13-14-15-19(23)20(24)18-22(27,21(25)26)16-17-28-2/h27H,3-18H2,1-2H3,(H,25,26). The average Bonchev–Trinajstić information content (AvgIpc) is 2.66. The summed E-state index contributed by atoms with van der Waals surface area (Å²) in [6, 6.07) is 0. The van der Waals surface area contributed by atoms with Crippen LogP contribution >= 0.6 is 0 Å². The van der Waals surface area contributed by atoms with Crippen LogP contribution in [-0.4, -0.2) is 35.5 Å². The van der Waals surface area contributed by atoms with Gasteiger partial charge in [0.2, 0.25) is 0 Å². The summed E-state index contributed by atoms with van der Waals surface area (Å²) in [5, 5.41) is 19.1. The van der Waals surface area contributed by atoms with Crippen molar-refractivity contribution in [1.29, 1.82) is 0 Å². The maximum Gasteiger partial charge on any atom is 0.336 e. The molecule has 1 unspecified atom stereocenters. The smallest absolute Gasteiger partial charge is 0.336 e. The molecule has 2 N–H and O–H groups in total. The van der Waals surface area contributed by atoms with Gasteiger partial charge in [-0.1, -0.05) is 77.6 Å². The molecule has 4 nitrogen and oxygen atoms in total. The van der Waals surface area contributed by atoms with E-state index in [1.165, 1.54) is 58.5 Å². The molecule has 0 saturated carbocycles. The van der Waals surface area contributed by atoms with Gasteiger partial charge in [-0.3, -0.25) is 0 Å². The Hall–Kier alpha value is -1.01. The average molecular weight is 407 g/mol. The monoisotopic (exact) mass is 406 g/mol. The fraction of sp³-hybridized carbons (Fsp3) is 0.864. The molecule has 0 spiro atoms. The summed E-state index contributed by atoms with van der Waals surface area (Å²) >= 11 is 0. The van der Waals surface area contributed by atoms with Gasteiger partial charge in [0.25, 0.3) is 0 Å². The summed E-state index contributed by atoms with van der Waals surface area (Å²) in [6.45, 7) is 2.17. The van der Waals surface area contributed by atoms with Gasteiger partial charge < -0.3 is 14.9 Å². The van der Waals surface area contributed by atoms with Crippen molar-refractivity contribution in [1.82, 2.24) is 0 Å². The zero-order valence-corrected chi connectivity index (χ0v) is 17.8. The third-order valence-corrected chi connectivity index (χ3v) is 5.11. The Labute approximate surface area is 169 Å². The van der Waals surface area contributed by atoms with Crippen molar-refractivity contribution in [2.45, 2.75) is 109 Å². The summed E-state index contributed by atoms with van der Waals surface area (Å²) in [4.78, 5) is 11.1. The predicted octanol–water partition coefficient (Wildman–Crippen LogP) is 6.47. The van der Waals surface area contributed by atoms with Gasteiger partial charge in [0.05, 0.1) is 0 Å². The molecule has 0 saturated heterocycles. The van der Waals surface area contributed by atoms with E-state index < -0.39 is 29.6 Å². The lowest BCUT2D eigenvalue weighted by Crippen LogP contribution is -2.39. The molecule has 0 bridgehead atoms. The molecule has 0 aromatic heterocycles. The molecule has 0 heterocycles. The Bertz CT molecular complexity index is 440. The minimum absolute atomic E-state index is 0.0452. The highest BCUT2D eigenvalue weighted by Gasteiger charge is 2.37. The molecular weight excluding hydrogens is 366 g/mol. The molecule has 166 valence electrons. The first-order valence-corrected chi connectivity index (χ1v) is 10.8. The fourth-order valence-electron chi connectivity index (χ4n) is 3.15. The van der Waals surface area contributed by atoms with Crippen LogP contribution in [0.5, 0.6) is 0 Å². The first-order valence-electron chi connectivity index (χ1n) is 10.8. The largest absolute Gasteiger partial charge is 0.479 e. The van der Waals surface area contributed by atoms with E-state index in [0.717, 1.165) is 19.3 Å². The predicted molar refractivity (Wildman–Crippen MR) is 109 cm³/mol. The van der Waals surface area contributed by atoms with Crippen molar-refractivity contribution in [2.75, 3.05) is 13.7 Å². The summed E-state index contributed by atoms with van der Waals surface area (Å²) in [5.74, 6) is -3.70. The number of carboxylic acid groups (broad SMARTS) is 1. The first-order chi connectivity index (χ1) is 13.4. The lowest BCUT2D eigenvalue weighted by atomic mass is 9.94.